The average Bonchev–Trinajstić information content (AvgIpc) is 3.15. The molecule has 0 saturated carbocycles. The van der Waals surface area contributed by atoms with Crippen LogP contribution in [0.1, 0.15) is 23.6 Å². The third kappa shape index (κ3) is 3.68. The minimum atomic E-state index is -0.954. The first kappa shape index (κ1) is 19.8. The Morgan fingerprint density at radius 1 is 1.23 bits per heavy atom. The third-order valence-electron chi connectivity index (χ3n) is 5.30. The summed E-state index contributed by atoms with van der Waals surface area (Å²) in [6, 6.07) is 9.18. The van der Waals surface area contributed by atoms with Crippen molar-refractivity contribution in [1.29, 1.82) is 0 Å². The van der Waals surface area contributed by atoms with Gasteiger partial charge in [0.25, 0.3) is 0 Å². The molecule has 0 amide bonds. The number of imidazole rings is 1. The van der Waals surface area contributed by atoms with Gasteiger partial charge in [-0.05, 0) is 41.8 Å². The van der Waals surface area contributed by atoms with E-state index < -0.39 is 12.0 Å². The fourth-order valence-electron chi connectivity index (χ4n) is 3.81. The van der Waals surface area contributed by atoms with Gasteiger partial charge in [-0.2, -0.15) is 0 Å². The highest BCUT2D eigenvalue weighted by molar-refractivity contribution is 5.72. The molecule has 1 unspecified atom stereocenters. The number of carbonyl (C=O) groups is 1. The first-order valence-corrected chi connectivity index (χ1v) is 9.54. The number of ether oxygens (including phenoxy) is 2. The molecule has 1 aliphatic rings. The number of halogens is 1. The Bertz CT molecular complexity index is 1080. The zero-order chi connectivity index (χ0) is 21.3. The van der Waals surface area contributed by atoms with Gasteiger partial charge >= 0.3 is 5.97 Å². The molecule has 1 aliphatic heterocycles. The lowest BCUT2D eigenvalue weighted by Crippen LogP contribution is -2.20. The molecule has 4 rings (SSSR count). The molecular weight excluding hydrogens is 389 g/mol. The molecule has 0 fully saturated rings. The summed E-state index contributed by atoms with van der Waals surface area (Å²) in [7, 11) is 3.20. The smallest absolute Gasteiger partial charge is 0.305 e. The van der Waals surface area contributed by atoms with Crippen molar-refractivity contribution in [2.75, 3.05) is 19.5 Å². The zero-order valence-electron chi connectivity index (χ0n) is 16.7. The predicted octanol–water partition coefficient (Wildman–Crippen LogP) is 3.89. The number of methoxy groups -OCH3 is 2. The quantitative estimate of drug-likeness (QED) is 0.614. The highest BCUT2D eigenvalue weighted by Crippen LogP contribution is 2.39. The average molecular weight is 411 g/mol. The summed E-state index contributed by atoms with van der Waals surface area (Å²) in [5.74, 6) is 0.563. The Kier molecular flexibility index (Phi) is 5.31. The third-order valence-corrected chi connectivity index (χ3v) is 5.30. The van der Waals surface area contributed by atoms with Crippen molar-refractivity contribution in [2.24, 2.45) is 0 Å². The van der Waals surface area contributed by atoms with Gasteiger partial charge in [0.1, 0.15) is 5.82 Å². The number of rotatable bonds is 7. The Morgan fingerprint density at radius 2 is 1.93 bits per heavy atom. The fraction of sp³-hybridized carbons (Fsp3) is 0.273. The van der Waals surface area contributed by atoms with Crippen LogP contribution in [0, 0.1) is 5.82 Å². The first-order chi connectivity index (χ1) is 14.5. The van der Waals surface area contributed by atoms with E-state index in [1.165, 1.54) is 12.1 Å². The standard InChI is InChI=1S/C22H22FN3O4/c1-29-19-9-14-7-8-26-18(16(14)10-20(19)30-2)12-24-22(26)25-17(11-21(27)28)13-3-5-15(23)6-4-13/h3-6,9-10,12,17H,7-8,11H2,1-2H3,(H,24,25)(H,27,28). The van der Waals surface area contributed by atoms with Crippen LogP contribution in [0.25, 0.3) is 11.3 Å². The van der Waals surface area contributed by atoms with E-state index in [0.717, 1.165) is 23.2 Å². The van der Waals surface area contributed by atoms with Gasteiger partial charge in [0.05, 0.1) is 38.6 Å². The summed E-state index contributed by atoms with van der Waals surface area (Å²) in [6.45, 7) is 0.684. The normalized spacial score (nSPS) is 13.2. The summed E-state index contributed by atoms with van der Waals surface area (Å²) >= 11 is 0. The van der Waals surface area contributed by atoms with Crippen LogP contribution in [0.5, 0.6) is 11.5 Å². The first-order valence-electron chi connectivity index (χ1n) is 9.54. The van der Waals surface area contributed by atoms with Crippen molar-refractivity contribution in [1.82, 2.24) is 9.55 Å². The van der Waals surface area contributed by atoms with Gasteiger partial charge in [-0.25, -0.2) is 9.37 Å². The number of nitrogens with one attached hydrogen (secondary N) is 1. The van der Waals surface area contributed by atoms with Gasteiger partial charge < -0.3 is 24.5 Å². The maximum Gasteiger partial charge on any atom is 0.305 e. The molecule has 8 heteroatoms. The number of nitrogens with zero attached hydrogens (tertiary/aromatic N) is 2. The summed E-state index contributed by atoms with van der Waals surface area (Å²) in [5, 5.41) is 12.6. The number of benzene rings is 2. The van der Waals surface area contributed by atoms with E-state index in [-0.39, 0.29) is 12.2 Å². The number of aryl methyl sites for hydroxylation is 1. The molecule has 1 atom stereocenters. The summed E-state index contributed by atoms with van der Waals surface area (Å²) in [5.41, 5.74) is 3.72. The molecule has 0 radical (unpaired) electrons. The van der Waals surface area contributed by atoms with Crippen LogP contribution in [0.3, 0.4) is 0 Å². The van der Waals surface area contributed by atoms with E-state index in [1.54, 1.807) is 32.5 Å². The van der Waals surface area contributed by atoms with Gasteiger partial charge in [0.2, 0.25) is 5.95 Å². The van der Waals surface area contributed by atoms with Crippen LogP contribution in [0.4, 0.5) is 10.3 Å². The van der Waals surface area contributed by atoms with E-state index in [0.29, 0.717) is 29.6 Å². The zero-order valence-corrected chi connectivity index (χ0v) is 16.7. The van der Waals surface area contributed by atoms with Crippen molar-refractivity contribution < 1.29 is 23.8 Å². The van der Waals surface area contributed by atoms with Crippen molar-refractivity contribution in [3.05, 3.63) is 59.5 Å². The second kappa shape index (κ2) is 8.06. The van der Waals surface area contributed by atoms with Crippen LogP contribution in [-0.2, 0) is 17.8 Å². The van der Waals surface area contributed by atoms with Crippen LogP contribution in [0.15, 0.2) is 42.6 Å². The van der Waals surface area contributed by atoms with Gasteiger partial charge in [-0.1, -0.05) is 12.1 Å². The molecular formula is C22H22FN3O4. The highest BCUT2D eigenvalue weighted by atomic mass is 19.1. The minimum absolute atomic E-state index is 0.157. The summed E-state index contributed by atoms with van der Waals surface area (Å²) in [6.07, 6.45) is 2.37. The second-order valence-electron chi connectivity index (χ2n) is 7.08. The topological polar surface area (TPSA) is 85.6 Å². The molecule has 0 spiro atoms. The molecule has 1 aromatic heterocycles. The number of hydrogen-bond donors (Lipinski definition) is 2. The Morgan fingerprint density at radius 3 is 2.60 bits per heavy atom. The number of anilines is 1. The molecule has 2 N–H and O–H groups in total. The van der Waals surface area contributed by atoms with Crippen LogP contribution < -0.4 is 14.8 Å². The van der Waals surface area contributed by atoms with Gasteiger partial charge in [-0.15, -0.1) is 0 Å². The molecule has 0 saturated heterocycles. The number of aromatic nitrogens is 2. The Balaban J connectivity index is 1.68. The Hall–Kier alpha value is -3.55. The lowest BCUT2D eigenvalue weighted by atomic mass is 9.98. The molecule has 7 nitrogen and oxygen atoms in total. The second-order valence-corrected chi connectivity index (χ2v) is 7.08. The van der Waals surface area contributed by atoms with Gasteiger partial charge in [0, 0.05) is 12.1 Å². The fourth-order valence-corrected chi connectivity index (χ4v) is 3.81. The van der Waals surface area contributed by atoms with Gasteiger partial charge in [-0.3, -0.25) is 4.79 Å². The van der Waals surface area contributed by atoms with E-state index in [1.807, 2.05) is 16.7 Å². The predicted molar refractivity (Wildman–Crippen MR) is 109 cm³/mol. The Labute approximate surface area is 173 Å². The number of hydrogen-bond acceptors (Lipinski definition) is 5. The van der Waals surface area contributed by atoms with Crippen LogP contribution in [-0.4, -0.2) is 34.8 Å². The number of carboxylic acid groups (broad SMARTS) is 1. The minimum Gasteiger partial charge on any atom is -0.493 e. The van der Waals surface area contributed by atoms with Gasteiger partial charge in [0.15, 0.2) is 11.5 Å². The number of aliphatic carboxylic acids is 1. The van der Waals surface area contributed by atoms with Crippen molar-refractivity contribution in [3.63, 3.8) is 0 Å². The van der Waals surface area contributed by atoms with E-state index in [2.05, 4.69) is 10.3 Å². The molecule has 2 heterocycles. The highest BCUT2D eigenvalue weighted by Gasteiger charge is 2.24. The number of fused-ring (bicyclic) bond motifs is 3. The van der Waals surface area contributed by atoms with E-state index >= 15 is 0 Å². The molecule has 2 aromatic carbocycles. The summed E-state index contributed by atoms with van der Waals surface area (Å²) < 4.78 is 26.2. The lowest BCUT2D eigenvalue weighted by molar-refractivity contribution is -0.137. The van der Waals surface area contributed by atoms with Crippen molar-refractivity contribution in [2.45, 2.75) is 25.4 Å². The summed E-state index contributed by atoms with van der Waals surface area (Å²) in [4.78, 5) is 15.9. The molecule has 30 heavy (non-hydrogen) atoms. The largest absolute Gasteiger partial charge is 0.493 e. The number of carboxylic acids is 1. The molecule has 156 valence electrons. The van der Waals surface area contributed by atoms with E-state index in [4.69, 9.17) is 9.47 Å². The molecule has 3 aromatic rings. The monoisotopic (exact) mass is 411 g/mol. The maximum atomic E-state index is 13.3. The van der Waals surface area contributed by atoms with Crippen molar-refractivity contribution in [3.8, 4) is 22.8 Å². The molecule has 0 aliphatic carbocycles. The SMILES string of the molecule is COc1cc2c(cc1OC)-c1cnc(NC(CC(=O)O)c3ccc(F)cc3)n1CC2. The van der Waals surface area contributed by atoms with E-state index in [9.17, 15) is 14.3 Å². The van der Waals surface area contributed by atoms with Crippen LogP contribution >= 0.6 is 0 Å². The molecule has 0 bridgehead atoms. The van der Waals surface area contributed by atoms with Crippen LogP contribution in [0.2, 0.25) is 0 Å². The lowest BCUT2D eigenvalue weighted by Gasteiger charge is -2.24. The van der Waals surface area contributed by atoms with Crippen molar-refractivity contribution >= 4 is 11.9 Å². The maximum absolute atomic E-state index is 13.3.